The molecule has 140 valence electrons. The second kappa shape index (κ2) is 7.10. The number of nitrogens with zero attached hydrogens (tertiary/aromatic N) is 1. The van der Waals surface area contributed by atoms with Gasteiger partial charge in [-0.25, -0.2) is 8.42 Å². The summed E-state index contributed by atoms with van der Waals surface area (Å²) in [6, 6.07) is 10.2. The van der Waals surface area contributed by atoms with Crippen molar-refractivity contribution in [2.45, 2.75) is 4.90 Å². The lowest BCUT2D eigenvalue weighted by atomic mass is 10.1. The van der Waals surface area contributed by atoms with E-state index in [1.54, 1.807) is 24.3 Å². The molecule has 2 N–H and O–H groups in total. The van der Waals surface area contributed by atoms with Crippen LogP contribution < -0.4 is 10.6 Å². The third-order valence-corrected chi connectivity index (χ3v) is 6.06. The van der Waals surface area contributed by atoms with Crippen LogP contribution in [0.25, 0.3) is 0 Å². The maximum absolute atomic E-state index is 12.7. The summed E-state index contributed by atoms with van der Waals surface area (Å²) in [5, 5.41) is 4.95. The number of rotatable bonds is 5. The summed E-state index contributed by atoms with van der Waals surface area (Å²) in [6.07, 6.45) is 0. The third-order valence-electron chi connectivity index (χ3n) is 3.93. The van der Waals surface area contributed by atoms with E-state index in [0.29, 0.717) is 10.7 Å². The van der Waals surface area contributed by atoms with Gasteiger partial charge in [-0.15, -0.1) is 0 Å². The van der Waals surface area contributed by atoms with Gasteiger partial charge in [0.05, 0.1) is 33.3 Å². The van der Waals surface area contributed by atoms with E-state index in [-0.39, 0.29) is 16.0 Å². The van der Waals surface area contributed by atoms with Gasteiger partial charge in [-0.05, 0) is 30.3 Å². The van der Waals surface area contributed by atoms with Crippen molar-refractivity contribution in [3.05, 3.63) is 58.6 Å². The number of imide groups is 1. The van der Waals surface area contributed by atoms with Crippen LogP contribution in [0.5, 0.6) is 0 Å². The van der Waals surface area contributed by atoms with Crippen molar-refractivity contribution in [1.82, 2.24) is 9.62 Å². The number of carbonyl (C=O) groups is 3. The average Bonchev–Trinajstić information content (AvgIpc) is 2.90. The molecule has 2 aromatic rings. The van der Waals surface area contributed by atoms with E-state index in [2.05, 4.69) is 10.6 Å². The molecule has 1 heterocycles. The van der Waals surface area contributed by atoms with E-state index in [0.717, 1.165) is 10.4 Å². The Labute approximate surface area is 160 Å². The van der Waals surface area contributed by atoms with E-state index >= 15 is 0 Å². The Morgan fingerprint density at radius 1 is 1.11 bits per heavy atom. The molecule has 3 amide bonds. The summed E-state index contributed by atoms with van der Waals surface area (Å²) in [7, 11) is -2.81. The zero-order chi connectivity index (χ0) is 19.8. The molecule has 0 saturated carbocycles. The minimum absolute atomic E-state index is 0.0185. The van der Waals surface area contributed by atoms with Gasteiger partial charge in [0.1, 0.15) is 0 Å². The first-order valence-electron chi connectivity index (χ1n) is 7.70. The number of amides is 3. The van der Waals surface area contributed by atoms with Crippen molar-refractivity contribution >= 4 is 45.0 Å². The standard InChI is InChI=1S/C17H14ClN3O5S/c1-21(9-15(22)19-14-5-3-2-4-13(14)18)27(25,26)10-6-7-11-12(8-10)17(24)20-16(11)23/h2-8H,9H2,1H3,(H,19,22)(H,20,23,24). The highest BCUT2D eigenvalue weighted by atomic mass is 35.5. The second-order valence-electron chi connectivity index (χ2n) is 5.78. The van der Waals surface area contributed by atoms with Gasteiger partial charge in [0, 0.05) is 7.05 Å². The number of para-hydroxylation sites is 1. The van der Waals surface area contributed by atoms with Crippen molar-refractivity contribution < 1.29 is 22.8 Å². The molecule has 0 bridgehead atoms. The molecule has 2 aromatic carbocycles. The van der Waals surface area contributed by atoms with E-state index in [9.17, 15) is 22.8 Å². The molecular weight excluding hydrogens is 394 g/mol. The van der Waals surface area contributed by atoms with Crippen LogP contribution >= 0.6 is 11.6 Å². The van der Waals surface area contributed by atoms with Crippen LogP contribution in [0, 0.1) is 0 Å². The number of hydrogen-bond acceptors (Lipinski definition) is 5. The van der Waals surface area contributed by atoms with Crippen molar-refractivity contribution in [3.8, 4) is 0 Å². The van der Waals surface area contributed by atoms with Crippen LogP contribution in [0.2, 0.25) is 5.02 Å². The molecule has 0 aromatic heterocycles. The van der Waals surface area contributed by atoms with Gasteiger partial charge in [0.25, 0.3) is 11.8 Å². The molecule has 1 aliphatic heterocycles. The number of benzene rings is 2. The van der Waals surface area contributed by atoms with Crippen LogP contribution in [-0.2, 0) is 14.8 Å². The van der Waals surface area contributed by atoms with Crippen LogP contribution in [0.1, 0.15) is 20.7 Å². The highest BCUT2D eigenvalue weighted by Crippen LogP contribution is 2.23. The lowest BCUT2D eigenvalue weighted by Crippen LogP contribution is -2.35. The summed E-state index contributed by atoms with van der Waals surface area (Å²) in [4.78, 5) is 35.2. The number of nitrogens with one attached hydrogen (secondary N) is 2. The second-order valence-corrected chi connectivity index (χ2v) is 8.23. The Kier molecular flexibility index (Phi) is 5.01. The monoisotopic (exact) mass is 407 g/mol. The fourth-order valence-electron chi connectivity index (χ4n) is 2.53. The molecule has 0 fully saturated rings. The number of halogens is 1. The number of anilines is 1. The van der Waals surface area contributed by atoms with E-state index in [1.807, 2.05) is 0 Å². The van der Waals surface area contributed by atoms with Crippen LogP contribution in [0.4, 0.5) is 5.69 Å². The minimum Gasteiger partial charge on any atom is -0.324 e. The van der Waals surface area contributed by atoms with Gasteiger partial charge in [-0.3, -0.25) is 19.7 Å². The molecule has 27 heavy (non-hydrogen) atoms. The fourth-order valence-corrected chi connectivity index (χ4v) is 3.86. The number of carbonyl (C=O) groups excluding carboxylic acids is 3. The summed E-state index contributed by atoms with van der Waals surface area (Å²) in [6.45, 7) is -0.463. The first kappa shape index (κ1) is 19.0. The van der Waals surface area contributed by atoms with Crippen molar-refractivity contribution in [1.29, 1.82) is 0 Å². The lowest BCUT2D eigenvalue weighted by molar-refractivity contribution is -0.116. The summed E-state index contributed by atoms with van der Waals surface area (Å²) < 4.78 is 26.2. The molecule has 0 aliphatic carbocycles. The highest BCUT2D eigenvalue weighted by molar-refractivity contribution is 7.89. The third kappa shape index (κ3) is 3.70. The first-order chi connectivity index (χ1) is 12.7. The summed E-state index contributed by atoms with van der Waals surface area (Å²) >= 11 is 5.96. The number of hydrogen-bond donors (Lipinski definition) is 2. The first-order valence-corrected chi connectivity index (χ1v) is 9.52. The zero-order valence-corrected chi connectivity index (χ0v) is 15.6. The van der Waals surface area contributed by atoms with Gasteiger partial charge >= 0.3 is 0 Å². The molecule has 0 radical (unpaired) electrons. The molecular formula is C17H14ClN3O5S. The van der Waals surface area contributed by atoms with Gasteiger partial charge in [-0.1, -0.05) is 23.7 Å². The van der Waals surface area contributed by atoms with Crippen LogP contribution in [0.15, 0.2) is 47.4 Å². The quantitative estimate of drug-likeness (QED) is 0.729. The van der Waals surface area contributed by atoms with Crippen LogP contribution in [0.3, 0.4) is 0 Å². The summed E-state index contributed by atoms with van der Waals surface area (Å²) in [5.74, 6) is -1.82. The molecule has 10 heteroatoms. The lowest BCUT2D eigenvalue weighted by Gasteiger charge is -2.17. The fraction of sp³-hybridized carbons (Fsp3) is 0.118. The maximum atomic E-state index is 12.7. The molecule has 3 rings (SSSR count). The van der Waals surface area contributed by atoms with E-state index in [1.165, 1.54) is 19.2 Å². The van der Waals surface area contributed by atoms with E-state index in [4.69, 9.17) is 11.6 Å². The molecule has 0 atom stereocenters. The number of fused-ring (bicyclic) bond motifs is 1. The molecule has 1 aliphatic rings. The Morgan fingerprint density at radius 3 is 2.48 bits per heavy atom. The molecule has 8 nitrogen and oxygen atoms in total. The Bertz CT molecular complexity index is 1070. The average molecular weight is 408 g/mol. The number of likely N-dealkylation sites (N-methyl/N-ethyl adjacent to an activating group) is 1. The smallest absolute Gasteiger partial charge is 0.258 e. The number of sulfonamides is 1. The molecule has 0 spiro atoms. The Hall–Kier alpha value is -2.75. The van der Waals surface area contributed by atoms with Crippen LogP contribution in [-0.4, -0.2) is 44.0 Å². The van der Waals surface area contributed by atoms with Crippen molar-refractivity contribution in [2.75, 3.05) is 18.9 Å². The zero-order valence-electron chi connectivity index (χ0n) is 14.0. The Morgan fingerprint density at radius 2 is 1.78 bits per heavy atom. The molecule has 0 saturated heterocycles. The highest BCUT2D eigenvalue weighted by Gasteiger charge is 2.30. The summed E-state index contributed by atoms with van der Waals surface area (Å²) in [5.41, 5.74) is 0.454. The maximum Gasteiger partial charge on any atom is 0.258 e. The van der Waals surface area contributed by atoms with Gasteiger partial charge in [0.15, 0.2) is 0 Å². The SMILES string of the molecule is CN(CC(=O)Nc1ccccc1Cl)S(=O)(=O)c1ccc2c(c1)C(=O)NC2=O. The topological polar surface area (TPSA) is 113 Å². The molecule has 0 unspecified atom stereocenters. The predicted octanol–water partition coefficient (Wildman–Crippen LogP) is 1.48. The van der Waals surface area contributed by atoms with Crippen molar-refractivity contribution in [2.24, 2.45) is 0 Å². The van der Waals surface area contributed by atoms with E-state index < -0.39 is 34.3 Å². The largest absolute Gasteiger partial charge is 0.324 e. The minimum atomic E-state index is -4.05. The van der Waals surface area contributed by atoms with Gasteiger partial charge in [-0.2, -0.15) is 4.31 Å². The van der Waals surface area contributed by atoms with Gasteiger partial charge in [0.2, 0.25) is 15.9 Å². The predicted molar refractivity (Wildman–Crippen MR) is 98.1 cm³/mol. The van der Waals surface area contributed by atoms with Crippen molar-refractivity contribution in [3.63, 3.8) is 0 Å². The normalized spacial score (nSPS) is 13.4. The Balaban J connectivity index is 1.78. The van der Waals surface area contributed by atoms with Gasteiger partial charge < -0.3 is 5.32 Å².